The van der Waals surface area contributed by atoms with Gasteiger partial charge in [-0.3, -0.25) is 0 Å². The lowest BCUT2D eigenvalue weighted by molar-refractivity contribution is 0.360. The first-order valence-electron chi connectivity index (χ1n) is 6.69. The minimum Gasteiger partial charge on any atom is -0.362 e. The maximum Gasteiger partial charge on any atom is 0.139 e. The molecule has 1 saturated carbocycles. The van der Waals surface area contributed by atoms with Crippen LogP contribution in [0.3, 0.4) is 0 Å². The molecule has 0 aromatic heterocycles. The first-order chi connectivity index (χ1) is 8.29. The normalized spacial score (nSPS) is 37.6. The summed E-state index contributed by atoms with van der Waals surface area (Å²) in [7, 11) is 2.14. The highest BCUT2D eigenvalue weighted by Crippen LogP contribution is 2.39. The fourth-order valence-electron chi connectivity index (χ4n) is 3.72. The van der Waals surface area contributed by atoms with Gasteiger partial charge in [-0.25, -0.2) is 0 Å². The van der Waals surface area contributed by atoms with Crippen molar-refractivity contribution in [2.75, 3.05) is 10.6 Å². The van der Waals surface area contributed by atoms with E-state index in [9.17, 15) is 0 Å². The van der Waals surface area contributed by atoms with Gasteiger partial charge in [0.1, 0.15) is 14.0 Å². The molecule has 2 heterocycles. The number of nitrogens with one attached hydrogen (secondary N) is 3. The summed E-state index contributed by atoms with van der Waals surface area (Å²) < 4.78 is 0. The second-order valence-corrected chi connectivity index (χ2v) is 5.78. The fourth-order valence-corrected chi connectivity index (χ4v) is 3.72. The van der Waals surface area contributed by atoms with Gasteiger partial charge in [0.2, 0.25) is 0 Å². The Kier molecular flexibility index (Phi) is 1.98. The molecular formula is C13H18BN3. The van der Waals surface area contributed by atoms with E-state index in [1.54, 1.807) is 0 Å². The molecule has 3 N–H and O–H groups in total. The van der Waals surface area contributed by atoms with Crippen molar-refractivity contribution in [2.45, 2.75) is 37.5 Å². The summed E-state index contributed by atoms with van der Waals surface area (Å²) in [6.45, 7) is 0. The maximum atomic E-state index is 3.76. The van der Waals surface area contributed by atoms with E-state index in [0.717, 1.165) is 12.0 Å². The predicted molar refractivity (Wildman–Crippen MR) is 73.7 cm³/mol. The zero-order valence-corrected chi connectivity index (χ0v) is 10.2. The van der Waals surface area contributed by atoms with Gasteiger partial charge in [0, 0.05) is 12.1 Å². The smallest absolute Gasteiger partial charge is 0.139 e. The number of rotatable bonds is 1. The van der Waals surface area contributed by atoms with Gasteiger partial charge in [-0.05, 0) is 37.3 Å². The first-order valence-corrected chi connectivity index (χ1v) is 6.69. The first kappa shape index (κ1) is 9.83. The standard InChI is InChI=1S/C13H18BN3/c14-8-2-4-10-11(6-8)17-13(16-10)12-7-1-3-9(5-7)15-12/h2,4,6-7,9,12-13,15-17H,1,3,5,14H2/t7-,9+,12?,13?/m0/s1. The number of piperidine rings is 1. The molecule has 2 unspecified atom stereocenters. The van der Waals surface area contributed by atoms with Crippen LogP contribution in [0.4, 0.5) is 11.4 Å². The molecule has 0 amide bonds. The molecular weight excluding hydrogens is 209 g/mol. The zero-order chi connectivity index (χ0) is 11.4. The van der Waals surface area contributed by atoms with Crippen molar-refractivity contribution in [1.82, 2.24) is 5.32 Å². The molecule has 2 fully saturated rings. The van der Waals surface area contributed by atoms with Gasteiger partial charge < -0.3 is 16.0 Å². The lowest BCUT2D eigenvalue weighted by atomic mass is 9.95. The molecule has 2 aliphatic heterocycles. The number of anilines is 2. The summed E-state index contributed by atoms with van der Waals surface area (Å²) in [4.78, 5) is 0. The highest BCUT2D eigenvalue weighted by Gasteiger charge is 2.44. The third kappa shape index (κ3) is 1.47. The van der Waals surface area contributed by atoms with E-state index in [2.05, 4.69) is 42.0 Å². The second-order valence-electron chi connectivity index (χ2n) is 5.78. The summed E-state index contributed by atoms with van der Waals surface area (Å²) in [6.07, 6.45) is 4.53. The largest absolute Gasteiger partial charge is 0.362 e. The molecule has 0 spiro atoms. The van der Waals surface area contributed by atoms with Gasteiger partial charge in [-0.15, -0.1) is 0 Å². The molecule has 0 radical (unpaired) electrons. The highest BCUT2D eigenvalue weighted by atomic mass is 15.3. The monoisotopic (exact) mass is 227 g/mol. The highest BCUT2D eigenvalue weighted by molar-refractivity contribution is 6.32. The lowest BCUT2D eigenvalue weighted by Crippen LogP contribution is -2.49. The summed E-state index contributed by atoms with van der Waals surface area (Å²) in [5, 5.41) is 11.0. The van der Waals surface area contributed by atoms with Crippen LogP contribution in [-0.4, -0.2) is 26.1 Å². The minimum absolute atomic E-state index is 0.377. The van der Waals surface area contributed by atoms with Crippen LogP contribution in [0.5, 0.6) is 0 Å². The van der Waals surface area contributed by atoms with Gasteiger partial charge in [-0.2, -0.15) is 0 Å². The number of hydrogen-bond acceptors (Lipinski definition) is 3. The van der Waals surface area contributed by atoms with Crippen LogP contribution in [0.15, 0.2) is 18.2 Å². The summed E-state index contributed by atoms with van der Waals surface area (Å²) >= 11 is 0. The second kappa shape index (κ2) is 3.42. The van der Waals surface area contributed by atoms with Crippen LogP contribution >= 0.6 is 0 Å². The number of hydrogen-bond donors (Lipinski definition) is 3. The molecule has 4 atom stereocenters. The SMILES string of the molecule is Bc1ccc2c(c1)NC(C1N[C@@H]3CC[C@H]1C3)N2. The van der Waals surface area contributed by atoms with Crippen molar-refractivity contribution >= 4 is 24.7 Å². The Morgan fingerprint density at radius 3 is 2.76 bits per heavy atom. The van der Waals surface area contributed by atoms with E-state index >= 15 is 0 Å². The van der Waals surface area contributed by atoms with Crippen molar-refractivity contribution < 1.29 is 0 Å². The van der Waals surface area contributed by atoms with Crippen LogP contribution in [0.25, 0.3) is 0 Å². The molecule has 3 nitrogen and oxygen atoms in total. The molecule has 4 heteroatoms. The van der Waals surface area contributed by atoms with Crippen LogP contribution < -0.4 is 21.4 Å². The third-order valence-corrected chi connectivity index (χ3v) is 4.57. The average Bonchev–Trinajstić information content (AvgIpc) is 3.01. The average molecular weight is 227 g/mol. The molecule has 17 heavy (non-hydrogen) atoms. The van der Waals surface area contributed by atoms with E-state index in [0.29, 0.717) is 12.2 Å². The molecule has 4 rings (SSSR count). The Morgan fingerprint density at radius 1 is 1.12 bits per heavy atom. The molecule has 1 aromatic rings. The molecule has 1 aromatic carbocycles. The van der Waals surface area contributed by atoms with Gasteiger partial charge in [-0.1, -0.05) is 11.5 Å². The van der Waals surface area contributed by atoms with Crippen molar-refractivity contribution in [3.8, 4) is 0 Å². The number of benzene rings is 1. The van der Waals surface area contributed by atoms with Gasteiger partial charge in [0.15, 0.2) is 0 Å². The Balaban J connectivity index is 1.56. The Morgan fingerprint density at radius 2 is 2.00 bits per heavy atom. The lowest BCUT2D eigenvalue weighted by Gasteiger charge is -2.29. The molecule has 2 bridgehead atoms. The van der Waals surface area contributed by atoms with Gasteiger partial charge in [0.25, 0.3) is 0 Å². The summed E-state index contributed by atoms with van der Waals surface area (Å²) in [5.41, 5.74) is 3.84. The zero-order valence-electron chi connectivity index (χ0n) is 10.2. The quantitative estimate of drug-likeness (QED) is 0.602. The molecule has 1 saturated heterocycles. The van der Waals surface area contributed by atoms with Crippen LogP contribution in [0.1, 0.15) is 19.3 Å². The van der Waals surface area contributed by atoms with E-state index in [4.69, 9.17) is 0 Å². The van der Waals surface area contributed by atoms with E-state index in [-0.39, 0.29) is 0 Å². The summed E-state index contributed by atoms with van der Waals surface area (Å²) in [6, 6.07) is 7.96. The van der Waals surface area contributed by atoms with Crippen LogP contribution in [-0.2, 0) is 0 Å². The van der Waals surface area contributed by atoms with E-state index in [1.165, 1.54) is 36.1 Å². The Hall–Kier alpha value is -1.16. The van der Waals surface area contributed by atoms with Gasteiger partial charge in [0.05, 0.1) is 11.4 Å². The summed E-state index contributed by atoms with van der Waals surface area (Å²) in [5.74, 6) is 0.861. The maximum absolute atomic E-state index is 3.76. The van der Waals surface area contributed by atoms with Crippen LogP contribution in [0.2, 0.25) is 0 Å². The van der Waals surface area contributed by atoms with Crippen molar-refractivity contribution in [1.29, 1.82) is 0 Å². The molecule has 1 aliphatic carbocycles. The molecule has 3 aliphatic rings. The Labute approximate surface area is 103 Å². The van der Waals surface area contributed by atoms with Crippen molar-refractivity contribution in [3.05, 3.63) is 18.2 Å². The van der Waals surface area contributed by atoms with E-state index < -0.39 is 0 Å². The third-order valence-electron chi connectivity index (χ3n) is 4.57. The van der Waals surface area contributed by atoms with Crippen molar-refractivity contribution in [2.24, 2.45) is 5.92 Å². The van der Waals surface area contributed by atoms with E-state index in [1.807, 2.05) is 0 Å². The fraction of sp³-hybridized carbons (Fsp3) is 0.538. The minimum atomic E-state index is 0.377. The topological polar surface area (TPSA) is 36.1 Å². The van der Waals surface area contributed by atoms with Gasteiger partial charge >= 0.3 is 0 Å². The molecule has 88 valence electrons. The number of fused-ring (bicyclic) bond motifs is 3. The van der Waals surface area contributed by atoms with Crippen molar-refractivity contribution in [3.63, 3.8) is 0 Å². The Bertz CT molecular complexity index is 462. The predicted octanol–water partition coefficient (Wildman–Crippen LogP) is 0.249. The van der Waals surface area contributed by atoms with Crippen LogP contribution in [0, 0.1) is 5.92 Å².